The zero-order chi connectivity index (χ0) is 14.1. The lowest BCUT2D eigenvalue weighted by Crippen LogP contribution is -2.41. The van der Waals surface area contributed by atoms with Crippen molar-refractivity contribution >= 4 is 26.0 Å². The third kappa shape index (κ3) is 3.17. The summed E-state index contributed by atoms with van der Waals surface area (Å²) in [6, 6.07) is 1.61. The van der Waals surface area contributed by atoms with Crippen LogP contribution in [0.1, 0.15) is 33.1 Å². The summed E-state index contributed by atoms with van der Waals surface area (Å²) in [6.07, 6.45) is 5.94. The molecule has 1 aliphatic heterocycles. The van der Waals surface area contributed by atoms with E-state index in [4.69, 9.17) is 0 Å². The van der Waals surface area contributed by atoms with E-state index in [-0.39, 0.29) is 10.3 Å². The molecule has 106 valence electrons. The van der Waals surface area contributed by atoms with E-state index in [0.29, 0.717) is 17.6 Å². The van der Waals surface area contributed by atoms with E-state index >= 15 is 0 Å². The van der Waals surface area contributed by atoms with Gasteiger partial charge in [0.05, 0.1) is 0 Å². The molecule has 1 aromatic rings. The molecule has 2 rings (SSSR count). The van der Waals surface area contributed by atoms with Gasteiger partial charge in [0.25, 0.3) is 0 Å². The first kappa shape index (κ1) is 14.9. The highest BCUT2D eigenvalue weighted by Gasteiger charge is 2.34. The lowest BCUT2D eigenvalue weighted by molar-refractivity contribution is 0.169. The molecule has 2 heterocycles. The summed E-state index contributed by atoms with van der Waals surface area (Å²) in [5.41, 5.74) is 0.279. The normalized spacial score (nSPS) is 20.4. The summed E-state index contributed by atoms with van der Waals surface area (Å²) < 4.78 is 27.3. The third-order valence-corrected chi connectivity index (χ3v) is 6.40. The van der Waals surface area contributed by atoms with Gasteiger partial charge in [-0.25, -0.2) is 8.42 Å². The van der Waals surface area contributed by atoms with Crippen LogP contribution >= 0.6 is 15.9 Å². The van der Waals surface area contributed by atoms with Gasteiger partial charge in [-0.3, -0.25) is 4.98 Å². The van der Waals surface area contributed by atoms with Crippen molar-refractivity contribution in [3.63, 3.8) is 0 Å². The van der Waals surface area contributed by atoms with Crippen LogP contribution in [-0.2, 0) is 10.0 Å². The summed E-state index contributed by atoms with van der Waals surface area (Å²) in [5.74, 6) is 0. The molecule has 0 saturated carbocycles. The minimum absolute atomic E-state index is 0.266. The zero-order valence-corrected chi connectivity index (χ0v) is 13.7. The SMILES string of the molecule is CCC1(C)CCN(S(=O)(=O)c2cncc(Br)c2)CC1. The van der Waals surface area contributed by atoms with Crippen LogP contribution in [0.2, 0.25) is 0 Å². The molecular formula is C13H19BrN2O2S. The second-order valence-electron chi connectivity index (χ2n) is 5.41. The number of sulfonamides is 1. The topological polar surface area (TPSA) is 50.3 Å². The molecule has 0 aromatic carbocycles. The van der Waals surface area contributed by atoms with Gasteiger partial charge in [0.2, 0.25) is 10.0 Å². The Morgan fingerprint density at radius 2 is 2.00 bits per heavy atom. The van der Waals surface area contributed by atoms with Gasteiger partial charge >= 0.3 is 0 Å². The van der Waals surface area contributed by atoms with Crippen molar-refractivity contribution in [2.24, 2.45) is 5.41 Å². The number of pyridine rings is 1. The minimum Gasteiger partial charge on any atom is -0.262 e. The number of aromatic nitrogens is 1. The monoisotopic (exact) mass is 346 g/mol. The van der Waals surface area contributed by atoms with Crippen molar-refractivity contribution in [1.29, 1.82) is 0 Å². The van der Waals surface area contributed by atoms with Crippen LogP contribution in [0, 0.1) is 5.41 Å². The quantitative estimate of drug-likeness (QED) is 0.844. The molecule has 4 nitrogen and oxygen atoms in total. The van der Waals surface area contributed by atoms with Gasteiger partial charge < -0.3 is 0 Å². The van der Waals surface area contributed by atoms with Gasteiger partial charge in [-0.05, 0) is 40.3 Å². The molecule has 0 amide bonds. The fourth-order valence-electron chi connectivity index (χ4n) is 2.30. The van der Waals surface area contributed by atoms with Crippen molar-refractivity contribution in [3.8, 4) is 0 Å². The molecule has 1 aromatic heterocycles. The Morgan fingerprint density at radius 1 is 1.37 bits per heavy atom. The van der Waals surface area contributed by atoms with Gasteiger partial charge in [-0.1, -0.05) is 20.3 Å². The molecule has 0 bridgehead atoms. The molecule has 0 N–H and O–H groups in total. The summed E-state index contributed by atoms with van der Waals surface area (Å²) in [4.78, 5) is 4.20. The van der Waals surface area contributed by atoms with Gasteiger partial charge in [0, 0.05) is 30.0 Å². The maximum atomic E-state index is 12.5. The second kappa shape index (κ2) is 5.50. The molecule has 0 unspecified atom stereocenters. The maximum absolute atomic E-state index is 12.5. The second-order valence-corrected chi connectivity index (χ2v) is 8.26. The highest BCUT2D eigenvalue weighted by Crippen LogP contribution is 2.35. The van der Waals surface area contributed by atoms with Crippen LogP contribution in [0.4, 0.5) is 0 Å². The molecule has 6 heteroatoms. The highest BCUT2D eigenvalue weighted by molar-refractivity contribution is 9.10. The standard InChI is InChI=1S/C13H19BrN2O2S/c1-3-13(2)4-6-16(7-5-13)19(17,18)12-8-11(14)9-15-10-12/h8-10H,3-7H2,1-2H3. The number of hydrogen-bond donors (Lipinski definition) is 0. The highest BCUT2D eigenvalue weighted by atomic mass is 79.9. The van der Waals surface area contributed by atoms with Crippen LogP contribution in [0.15, 0.2) is 27.8 Å². The van der Waals surface area contributed by atoms with E-state index in [1.165, 1.54) is 6.20 Å². The maximum Gasteiger partial charge on any atom is 0.244 e. The van der Waals surface area contributed by atoms with Crippen molar-refractivity contribution < 1.29 is 8.42 Å². The molecule has 1 fully saturated rings. The number of hydrogen-bond acceptors (Lipinski definition) is 3. The predicted molar refractivity (Wildman–Crippen MR) is 78.3 cm³/mol. The predicted octanol–water partition coefficient (Wildman–Crippen LogP) is 3.04. The molecular weight excluding hydrogens is 328 g/mol. The average Bonchev–Trinajstić information content (AvgIpc) is 2.39. The summed E-state index contributed by atoms with van der Waals surface area (Å²) in [5, 5.41) is 0. The Balaban J connectivity index is 2.19. The van der Waals surface area contributed by atoms with Crippen LogP contribution in [0.25, 0.3) is 0 Å². The van der Waals surface area contributed by atoms with Gasteiger partial charge in [-0.2, -0.15) is 4.31 Å². The first-order valence-electron chi connectivity index (χ1n) is 6.48. The van der Waals surface area contributed by atoms with Crippen molar-refractivity contribution in [2.75, 3.05) is 13.1 Å². The number of nitrogens with zero attached hydrogens (tertiary/aromatic N) is 2. The minimum atomic E-state index is -3.40. The van der Waals surface area contributed by atoms with Gasteiger partial charge in [-0.15, -0.1) is 0 Å². The molecule has 1 saturated heterocycles. The van der Waals surface area contributed by atoms with E-state index in [0.717, 1.165) is 19.3 Å². The van der Waals surface area contributed by atoms with E-state index in [1.54, 1.807) is 16.6 Å². The number of halogens is 1. The molecule has 0 atom stereocenters. The first-order valence-corrected chi connectivity index (χ1v) is 8.71. The smallest absolute Gasteiger partial charge is 0.244 e. The summed E-state index contributed by atoms with van der Waals surface area (Å²) in [7, 11) is -3.40. The molecule has 19 heavy (non-hydrogen) atoms. The third-order valence-electron chi connectivity index (χ3n) is 4.10. The van der Waals surface area contributed by atoms with Crippen molar-refractivity contribution in [1.82, 2.24) is 9.29 Å². The van der Waals surface area contributed by atoms with E-state index < -0.39 is 10.0 Å². The molecule has 0 spiro atoms. The van der Waals surface area contributed by atoms with E-state index in [1.807, 2.05) is 0 Å². The van der Waals surface area contributed by atoms with Gasteiger partial charge in [0.1, 0.15) is 4.90 Å². The molecule has 0 radical (unpaired) electrons. The van der Waals surface area contributed by atoms with E-state index in [9.17, 15) is 8.42 Å². The summed E-state index contributed by atoms with van der Waals surface area (Å²) in [6.45, 7) is 5.60. The lowest BCUT2D eigenvalue weighted by Gasteiger charge is -2.38. The first-order chi connectivity index (χ1) is 8.87. The van der Waals surface area contributed by atoms with E-state index in [2.05, 4.69) is 34.8 Å². The summed E-state index contributed by atoms with van der Waals surface area (Å²) >= 11 is 3.26. The Morgan fingerprint density at radius 3 is 2.53 bits per heavy atom. The van der Waals surface area contributed by atoms with Crippen LogP contribution in [-0.4, -0.2) is 30.8 Å². The van der Waals surface area contributed by atoms with Crippen LogP contribution in [0.3, 0.4) is 0 Å². The molecule has 0 aliphatic carbocycles. The van der Waals surface area contributed by atoms with Crippen LogP contribution < -0.4 is 0 Å². The average molecular weight is 347 g/mol. The van der Waals surface area contributed by atoms with Gasteiger partial charge in [0.15, 0.2) is 0 Å². The fraction of sp³-hybridized carbons (Fsp3) is 0.615. The number of rotatable bonds is 3. The lowest BCUT2D eigenvalue weighted by atomic mass is 9.79. The van der Waals surface area contributed by atoms with Crippen molar-refractivity contribution in [2.45, 2.75) is 38.0 Å². The van der Waals surface area contributed by atoms with Crippen LogP contribution in [0.5, 0.6) is 0 Å². The Kier molecular flexibility index (Phi) is 4.32. The Hall–Kier alpha value is -0.460. The number of piperidine rings is 1. The zero-order valence-electron chi connectivity index (χ0n) is 11.3. The van der Waals surface area contributed by atoms with Crippen molar-refractivity contribution in [3.05, 3.63) is 22.9 Å². The molecule has 1 aliphatic rings. The Labute approximate surface area is 123 Å². The largest absolute Gasteiger partial charge is 0.262 e. The Bertz CT molecular complexity index is 552. The fourth-order valence-corrected chi connectivity index (χ4v) is 4.25.